The van der Waals surface area contributed by atoms with Crippen molar-refractivity contribution in [2.45, 2.75) is 37.4 Å². The van der Waals surface area contributed by atoms with Gasteiger partial charge < -0.3 is 24.8 Å². The fourth-order valence-electron chi connectivity index (χ4n) is 2.82. The summed E-state index contributed by atoms with van der Waals surface area (Å²) in [5.41, 5.74) is -3.29. The Morgan fingerprint density at radius 2 is 2.17 bits per heavy atom. The lowest BCUT2D eigenvalue weighted by molar-refractivity contribution is -0.178. The predicted octanol–water partition coefficient (Wildman–Crippen LogP) is -2.26. The van der Waals surface area contributed by atoms with Crippen molar-refractivity contribution < 1.29 is 29.6 Å². The zero-order valence-electron chi connectivity index (χ0n) is 12.6. The van der Waals surface area contributed by atoms with Crippen LogP contribution in [0.5, 0.6) is 0 Å². The molecule has 1 aliphatic rings. The Labute approximate surface area is 129 Å². The quantitative estimate of drug-likeness (QED) is 0.472. The average molecular weight is 330 g/mol. The minimum atomic E-state index is -1.90. The lowest BCUT2D eigenvalue weighted by Gasteiger charge is -2.34. The van der Waals surface area contributed by atoms with Crippen molar-refractivity contribution in [3.05, 3.63) is 32.6 Å². The second kappa shape index (κ2) is 6.24. The van der Waals surface area contributed by atoms with Gasteiger partial charge in [0.1, 0.15) is 18.3 Å². The first-order valence-corrected chi connectivity index (χ1v) is 6.81. The molecule has 2 rings (SSSR count). The van der Waals surface area contributed by atoms with Crippen LogP contribution in [-0.4, -0.2) is 62.9 Å². The number of methoxy groups -OCH3 is 1. The molecule has 128 valence electrons. The standard InChI is InChI=1S/C13H18N2O8/c1-6-4-15(12(21)14-11(6)20)13(3-8(17)18)10(22-2)9(19)7(5-16)23-13/h4,7,9-10,16,19H,3,5H2,1-2H3,(H,17,18)(H,14,20,21)/t7-,9-,10-,13-/m1/s1. The van der Waals surface area contributed by atoms with Crippen molar-refractivity contribution in [3.8, 4) is 0 Å². The Kier molecular flexibility index (Phi) is 4.71. The van der Waals surface area contributed by atoms with Gasteiger partial charge in [-0.05, 0) is 6.92 Å². The van der Waals surface area contributed by atoms with E-state index < -0.39 is 54.3 Å². The van der Waals surface area contributed by atoms with Gasteiger partial charge in [0.25, 0.3) is 5.56 Å². The SMILES string of the molecule is CO[C@@H]1[C@H](O)[C@@H](CO)O[C@@]1(CC(=O)O)n1cc(C)c(=O)[nH]c1=O. The highest BCUT2D eigenvalue weighted by atomic mass is 16.6. The maximum Gasteiger partial charge on any atom is 0.330 e. The predicted molar refractivity (Wildman–Crippen MR) is 75.0 cm³/mol. The number of aromatic amines is 1. The number of aliphatic hydroxyl groups is 2. The Morgan fingerprint density at radius 1 is 1.52 bits per heavy atom. The third-order valence-corrected chi connectivity index (χ3v) is 3.86. The summed E-state index contributed by atoms with van der Waals surface area (Å²) < 4.78 is 11.6. The molecule has 0 unspecified atom stereocenters. The number of aryl methyl sites for hydroxylation is 1. The second-order valence-corrected chi connectivity index (χ2v) is 5.34. The van der Waals surface area contributed by atoms with Gasteiger partial charge in [0.2, 0.25) is 0 Å². The van der Waals surface area contributed by atoms with Gasteiger partial charge in [-0.3, -0.25) is 19.1 Å². The van der Waals surface area contributed by atoms with E-state index in [1.807, 2.05) is 0 Å². The van der Waals surface area contributed by atoms with Gasteiger partial charge in [-0.1, -0.05) is 0 Å². The summed E-state index contributed by atoms with van der Waals surface area (Å²) in [7, 11) is 1.22. The van der Waals surface area contributed by atoms with Crippen LogP contribution in [0.25, 0.3) is 0 Å². The number of aromatic nitrogens is 2. The van der Waals surface area contributed by atoms with Crippen LogP contribution in [0.4, 0.5) is 0 Å². The zero-order valence-corrected chi connectivity index (χ0v) is 12.6. The summed E-state index contributed by atoms with van der Waals surface area (Å²) in [4.78, 5) is 37.0. The Bertz CT molecular complexity index is 711. The van der Waals surface area contributed by atoms with Crippen molar-refractivity contribution in [1.82, 2.24) is 9.55 Å². The van der Waals surface area contributed by atoms with E-state index in [1.165, 1.54) is 14.0 Å². The molecule has 1 fully saturated rings. The van der Waals surface area contributed by atoms with E-state index in [2.05, 4.69) is 4.98 Å². The topological polar surface area (TPSA) is 151 Å². The molecule has 4 atom stereocenters. The van der Waals surface area contributed by atoms with E-state index in [0.717, 1.165) is 10.8 Å². The van der Waals surface area contributed by atoms with Crippen molar-refractivity contribution in [2.24, 2.45) is 0 Å². The second-order valence-electron chi connectivity index (χ2n) is 5.34. The van der Waals surface area contributed by atoms with Crippen molar-refractivity contribution in [3.63, 3.8) is 0 Å². The maximum atomic E-state index is 12.2. The minimum absolute atomic E-state index is 0.148. The number of H-pyrrole nitrogens is 1. The van der Waals surface area contributed by atoms with E-state index >= 15 is 0 Å². The van der Waals surface area contributed by atoms with Crippen LogP contribution < -0.4 is 11.2 Å². The van der Waals surface area contributed by atoms with Crippen LogP contribution in [0.15, 0.2) is 15.8 Å². The highest BCUT2D eigenvalue weighted by molar-refractivity contribution is 5.68. The smallest absolute Gasteiger partial charge is 0.330 e. The molecule has 1 aliphatic heterocycles. The van der Waals surface area contributed by atoms with Crippen LogP contribution in [0.1, 0.15) is 12.0 Å². The molecule has 1 aromatic heterocycles. The van der Waals surface area contributed by atoms with Crippen LogP contribution in [0.2, 0.25) is 0 Å². The van der Waals surface area contributed by atoms with Gasteiger partial charge in [-0.15, -0.1) is 0 Å². The van der Waals surface area contributed by atoms with Crippen molar-refractivity contribution >= 4 is 5.97 Å². The first-order chi connectivity index (χ1) is 10.8. The molecule has 10 nitrogen and oxygen atoms in total. The number of aliphatic carboxylic acids is 1. The summed E-state index contributed by atoms with van der Waals surface area (Å²) in [5.74, 6) is -1.31. The molecule has 1 saturated heterocycles. The molecular formula is C13H18N2O8. The minimum Gasteiger partial charge on any atom is -0.481 e. The van der Waals surface area contributed by atoms with Gasteiger partial charge in [0.05, 0.1) is 13.0 Å². The number of carbonyl (C=O) groups is 1. The fraction of sp³-hybridized carbons (Fsp3) is 0.615. The lowest BCUT2D eigenvalue weighted by atomic mass is 9.98. The monoisotopic (exact) mass is 330 g/mol. The van der Waals surface area contributed by atoms with Gasteiger partial charge in [-0.2, -0.15) is 0 Å². The normalized spacial score (nSPS) is 30.5. The number of nitrogens with zero attached hydrogens (tertiary/aromatic N) is 1. The van der Waals surface area contributed by atoms with Gasteiger partial charge in [0.15, 0.2) is 5.72 Å². The average Bonchev–Trinajstić information content (AvgIpc) is 2.74. The van der Waals surface area contributed by atoms with Crippen LogP contribution in [0, 0.1) is 6.92 Å². The molecule has 4 N–H and O–H groups in total. The van der Waals surface area contributed by atoms with Crippen molar-refractivity contribution in [1.29, 1.82) is 0 Å². The molecule has 23 heavy (non-hydrogen) atoms. The molecule has 10 heteroatoms. The molecule has 0 radical (unpaired) electrons. The Morgan fingerprint density at radius 3 is 2.70 bits per heavy atom. The third-order valence-electron chi connectivity index (χ3n) is 3.86. The van der Waals surface area contributed by atoms with Crippen LogP contribution in [-0.2, 0) is 20.0 Å². The summed E-state index contributed by atoms with van der Waals surface area (Å²) in [6, 6.07) is 0. The molecule has 2 heterocycles. The number of carboxylic acid groups (broad SMARTS) is 1. The third kappa shape index (κ3) is 2.81. The molecule has 0 spiro atoms. The summed E-state index contributed by atoms with van der Waals surface area (Å²) >= 11 is 0. The lowest BCUT2D eigenvalue weighted by Crippen LogP contribution is -2.53. The van der Waals surface area contributed by atoms with Crippen LogP contribution >= 0.6 is 0 Å². The van der Waals surface area contributed by atoms with Gasteiger partial charge in [0, 0.05) is 18.9 Å². The number of aliphatic hydroxyl groups excluding tert-OH is 2. The summed E-state index contributed by atoms with van der Waals surface area (Å²) in [6.45, 7) is 0.833. The molecule has 0 amide bonds. The summed E-state index contributed by atoms with van der Waals surface area (Å²) in [5, 5.41) is 28.7. The molecule has 1 aromatic rings. The number of nitrogens with one attached hydrogen (secondary N) is 1. The number of carboxylic acids is 1. The number of hydrogen-bond donors (Lipinski definition) is 4. The fourth-order valence-corrected chi connectivity index (χ4v) is 2.82. The van der Waals surface area contributed by atoms with Gasteiger partial charge in [-0.25, -0.2) is 4.79 Å². The number of rotatable bonds is 5. The van der Waals surface area contributed by atoms with Crippen molar-refractivity contribution in [2.75, 3.05) is 13.7 Å². The number of ether oxygens (including phenoxy) is 2. The molecule has 0 aliphatic carbocycles. The van der Waals surface area contributed by atoms with E-state index in [4.69, 9.17) is 9.47 Å². The number of hydrogen-bond acceptors (Lipinski definition) is 7. The van der Waals surface area contributed by atoms with E-state index in [1.54, 1.807) is 0 Å². The highest BCUT2D eigenvalue weighted by Gasteiger charge is 2.58. The summed E-state index contributed by atoms with van der Waals surface area (Å²) in [6.07, 6.45) is -3.31. The van der Waals surface area contributed by atoms with Crippen LogP contribution in [0.3, 0.4) is 0 Å². The molecule has 0 bridgehead atoms. The molecule has 0 aromatic carbocycles. The van der Waals surface area contributed by atoms with E-state index in [-0.39, 0.29) is 5.56 Å². The first-order valence-electron chi connectivity index (χ1n) is 6.81. The Balaban J connectivity index is 2.70. The van der Waals surface area contributed by atoms with E-state index in [9.17, 15) is 29.7 Å². The first kappa shape index (κ1) is 17.3. The van der Waals surface area contributed by atoms with E-state index in [0.29, 0.717) is 0 Å². The van der Waals surface area contributed by atoms with Gasteiger partial charge >= 0.3 is 11.7 Å². The molecular weight excluding hydrogens is 312 g/mol. The Hall–Kier alpha value is -2.01. The zero-order chi connectivity index (χ0) is 17.4. The molecule has 0 saturated carbocycles. The largest absolute Gasteiger partial charge is 0.481 e. The maximum absolute atomic E-state index is 12.2. The highest BCUT2D eigenvalue weighted by Crippen LogP contribution is 2.39.